The summed E-state index contributed by atoms with van der Waals surface area (Å²) in [5.41, 5.74) is 6.04. The normalized spacial score (nSPS) is 40.6. The third-order valence-corrected chi connectivity index (χ3v) is 6.32. The smallest absolute Gasteiger partial charge is 0.234 e. The van der Waals surface area contributed by atoms with E-state index in [4.69, 9.17) is 5.73 Å². The van der Waals surface area contributed by atoms with Crippen molar-refractivity contribution >= 4 is 5.91 Å². The minimum atomic E-state index is 0.201. The van der Waals surface area contributed by atoms with Crippen LogP contribution in [0.3, 0.4) is 0 Å². The van der Waals surface area contributed by atoms with Crippen LogP contribution in [0.25, 0.3) is 0 Å². The number of hydrogen-bond donors (Lipinski definition) is 2. The van der Waals surface area contributed by atoms with Crippen molar-refractivity contribution in [3.8, 4) is 0 Å². The molecular formula is C17H31N3O. The Kier molecular flexibility index (Phi) is 4.28. The van der Waals surface area contributed by atoms with E-state index in [1.807, 2.05) is 0 Å². The van der Waals surface area contributed by atoms with Crippen LogP contribution in [0, 0.1) is 23.2 Å². The molecule has 3 rings (SSSR count). The minimum Gasteiger partial charge on any atom is -0.352 e. The number of hydrogen-bond acceptors (Lipinski definition) is 3. The van der Waals surface area contributed by atoms with E-state index in [9.17, 15) is 4.79 Å². The number of nitrogens with zero attached hydrogens (tertiary/aromatic N) is 1. The van der Waals surface area contributed by atoms with Crippen LogP contribution < -0.4 is 11.1 Å². The highest BCUT2D eigenvalue weighted by Gasteiger charge is 2.42. The molecule has 2 bridgehead atoms. The molecule has 2 saturated carbocycles. The zero-order valence-corrected chi connectivity index (χ0v) is 13.6. The van der Waals surface area contributed by atoms with E-state index in [1.165, 1.54) is 25.7 Å². The van der Waals surface area contributed by atoms with Crippen LogP contribution >= 0.6 is 0 Å². The van der Waals surface area contributed by atoms with Gasteiger partial charge < -0.3 is 11.1 Å². The quantitative estimate of drug-likeness (QED) is 0.809. The lowest BCUT2D eigenvalue weighted by molar-refractivity contribution is -0.123. The summed E-state index contributed by atoms with van der Waals surface area (Å²) in [7, 11) is 0. The number of nitrogens with two attached hydrogens (primary N) is 1. The summed E-state index contributed by atoms with van der Waals surface area (Å²) in [6.07, 6.45) is 6.66. The number of fused-ring (bicyclic) bond motifs is 2. The van der Waals surface area contributed by atoms with Crippen molar-refractivity contribution in [2.75, 3.05) is 26.2 Å². The molecule has 3 fully saturated rings. The van der Waals surface area contributed by atoms with Crippen LogP contribution in [0.4, 0.5) is 0 Å². The summed E-state index contributed by atoms with van der Waals surface area (Å²) in [6, 6.07) is 0.344. The van der Waals surface area contributed by atoms with Crippen molar-refractivity contribution in [3.63, 3.8) is 0 Å². The molecule has 3 aliphatic rings. The number of nitrogens with one attached hydrogen (secondary N) is 1. The maximum absolute atomic E-state index is 12.3. The van der Waals surface area contributed by atoms with Crippen molar-refractivity contribution in [3.05, 3.63) is 0 Å². The molecule has 0 aromatic rings. The summed E-state index contributed by atoms with van der Waals surface area (Å²) in [5.74, 6) is 2.74. The zero-order chi connectivity index (χ0) is 15.0. The van der Waals surface area contributed by atoms with Gasteiger partial charge >= 0.3 is 0 Å². The van der Waals surface area contributed by atoms with Crippen LogP contribution in [0.2, 0.25) is 0 Å². The molecular weight excluding hydrogens is 262 g/mol. The third kappa shape index (κ3) is 3.26. The maximum atomic E-state index is 12.3. The predicted molar refractivity (Wildman–Crippen MR) is 84.8 cm³/mol. The molecule has 0 radical (unpaired) electrons. The van der Waals surface area contributed by atoms with Crippen LogP contribution in [0.5, 0.6) is 0 Å². The van der Waals surface area contributed by atoms with Gasteiger partial charge in [0.15, 0.2) is 0 Å². The molecule has 1 heterocycles. The summed E-state index contributed by atoms with van der Waals surface area (Å²) in [5, 5.41) is 3.27. The number of carbonyl (C=O) groups is 1. The largest absolute Gasteiger partial charge is 0.352 e. The standard InChI is InChI=1S/C17H31N3O/c1-12(15-8-13-3-4-14(15)7-13)19-16(21)9-20-6-5-17(2,10-18)11-20/h12-15H,3-11,18H2,1-2H3,(H,19,21). The van der Waals surface area contributed by atoms with Crippen LogP contribution in [0.15, 0.2) is 0 Å². The Hall–Kier alpha value is -0.610. The summed E-state index contributed by atoms with van der Waals surface area (Å²) in [6.45, 7) is 7.65. The van der Waals surface area contributed by atoms with Crippen molar-refractivity contribution in [1.29, 1.82) is 0 Å². The Morgan fingerprint density at radius 1 is 1.43 bits per heavy atom. The fourth-order valence-corrected chi connectivity index (χ4v) is 4.94. The SMILES string of the molecule is CC(NC(=O)CN1CCC(C)(CN)C1)C1CC2CCC1C2. The van der Waals surface area contributed by atoms with Gasteiger partial charge in [0.25, 0.3) is 0 Å². The van der Waals surface area contributed by atoms with Gasteiger partial charge in [-0.1, -0.05) is 13.3 Å². The van der Waals surface area contributed by atoms with E-state index in [-0.39, 0.29) is 11.3 Å². The van der Waals surface area contributed by atoms with E-state index in [2.05, 4.69) is 24.1 Å². The Balaban J connectivity index is 1.44. The fourth-order valence-electron chi connectivity index (χ4n) is 4.94. The topological polar surface area (TPSA) is 58.4 Å². The van der Waals surface area contributed by atoms with E-state index < -0.39 is 0 Å². The highest BCUT2D eigenvalue weighted by molar-refractivity contribution is 5.78. The average Bonchev–Trinajstić information content (AvgIpc) is 3.14. The van der Waals surface area contributed by atoms with Gasteiger partial charge in [-0.25, -0.2) is 0 Å². The molecule has 1 saturated heterocycles. The molecule has 3 N–H and O–H groups in total. The van der Waals surface area contributed by atoms with Gasteiger partial charge in [0, 0.05) is 12.6 Å². The number of amides is 1. The van der Waals surface area contributed by atoms with Gasteiger partial charge in [0.1, 0.15) is 0 Å². The Bertz CT molecular complexity index is 399. The summed E-state index contributed by atoms with van der Waals surface area (Å²) < 4.78 is 0. The number of carbonyl (C=O) groups excluding carboxylic acids is 1. The molecule has 5 unspecified atom stereocenters. The first-order valence-corrected chi connectivity index (χ1v) is 8.71. The molecule has 120 valence electrons. The number of likely N-dealkylation sites (tertiary alicyclic amines) is 1. The summed E-state index contributed by atoms with van der Waals surface area (Å²) in [4.78, 5) is 14.5. The molecule has 2 aliphatic carbocycles. The molecule has 21 heavy (non-hydrogen) atoms. The first-order valence-electron chi connectivity index (χ1n) is 8.71. The first-order chi connectivity index (χ1) is 9.99. The van der Waals surface area contributed by atoms with Gasteiger partial charge in [-0.3, -0.25) is 9.69 Å². The number of rotatable bonds is 5. The van der Waals surface area contributed by atoms with E-state index in [0.29, 0.717) is 19.1 Å². The fraction of sp³-hybridized carbons (Fsp3) is 0.941. The Morgan fingerprint density at radius 2 is 2.24 bits per heavy atom. The van der Waals surface area contributed by atoms with Gasteiger partial charge in [-0.2, -0.15) is 0 Å². The summed E-state index contributed by atoms with van der Waals surface area (Å²) >= 11 is 0. The van der Waals surface area contributed by atoms with Crippen molar-refractivity contribution in [2.45, 2.75) is 52.0 Å². The van der Waals surface area contributed by atoms with Gasteiger partial charge in [-0.15, -0.1) is 0 Å². The van der Waals surface area contributed by atoms with E-state index in [1.54, 1.807) is 0 Å². The van der Waals surface area contributed by atoms with E-state index in [0.717, 1.165) is 37.3 Å². The third-order valence-electron chi connectivity index (χ3n) is 6.32. The lowest BCUT2D eigenvalue weighted by Gasteiger charge is -2.29. The molecule has 0 aromatic carbocycles. The second-order valence-corrected chi connectivity index (χ2v) is 8.17. The van der Waals surface area contributed by atoms with Crippen molar-refractivity contribution in [2.24, 2.45) is 28.9 Å². The lowest BCUT2D eigenvalue weighted by Crippen LogP contribution is -2.45. The molecule has 0 spiro atoms. The van der Waals surface area contributed by atoms with Crippen LogP contribution in [0.1, 0.15) is 46.0 Å². The Morgan fingerprint density at radius 3 is 2.81 bits per heavy atom. The van der Waals surface area contributed by atoms with Crippen LogP contribution in [-0.2, 0) is 4.79 Å². The molecule has 5 atom stereocenters. The highest BCUT2D eigenvalue weighted by atomic mass is 16.2. The monoisotopic (exact) mass is 293 g/mol. The van der Waals surface area contributed by atoms with Crippen LogP contribution in [-0.4, -0.2) is 43.0 Å². The molecule has 0 aromatic heterocycles. The predicted octanol–water partition coefficient (Wildman–Crippen LogP) is 1.60. The first kappa shape index (κ1) is 15.3. The second kappa shape index (κ2) is 5.88. The molecule has 1 aliphatic heterocycles. The van der Waals surface area contributed by atoms with E-state index >= 15 is 0 Å². The average molecular weight is 293 g/mol. The molecule has 4 nitrogen and oxygen atoms in total. The maximum Gasteiger partial charge on any atom is 0.234 e. The Labute approximate surface area is 128 Å². The molecule has 1 amide bonds. The van der Waals surface area contributed by atoms with Gasteiger partial charge in [-0.05, 0) is 68.9 Å². The second-order valence-electron chi connectivity index (χ2n) is 8.17. The zero-order valence-electron chi connectivity index (χ0n) is 13.6. The van der Waals surface area contributed by atoms with Crippen molar-refractivity contribution < 1.29 is 4.79 Å². The van der Waals surface area contributed by atoms with Gasteiger partial charge in [0.2, 0.25) is 5.91 Å². The van der Waals surface area contributed by atoms with Crippen molar-refractivity contribution in [1.82, 2.24) is 10.2 Å². The molecule has 4 heteroatoms. The van der Waals surface area contributed by atoms with Gasteiger partial charge in [0.05, 0.1) is 6.54 Å². The lowest BCUT2D eigenvalue weighted by atomic mass is 9.84. The highest BCUT2D eigenvalue weighted by Crippen LogP contribution is 2.49. The minimum absolute atomic E-state index is 0.201.